The average molecular weight is 316 g/mol. The van der Waals surface area contributed by atoms with Crippen LogP contribution in [0, 0.1) is 13.8 Å². The highest BCUT2D eigenvalue weighted by molar-refractivity contribution is 7.89. The number of nitrogens with one attached hydrogen (secondary N) is 1. The molecule has 20 heavy (non-hydrogen) atoms. The maximum absolute atomic E-state index is 12.3. The summed E-state index contributed by atoms with van der Waals surface area (Å²) in [6, 6.07) is 0. The zero-order valence-corrected chi connectivity index (χ0v) is 12.8. The molecule has 0 aliphatic heterocycles. The van der Waals surface area contributed by atoms with Crippen molar-refractivity contribution in [3.63, 3.8) is 0 Å². The molecule has 0 fully saturated rings. The van der Waals surface area contributed by atoms with E-state index >= 15 is 0 Å². The molecule has 0 spiro atoms. The van der Waals surface area contributed by atoms with Gasteiger partial charge in [-0.3, -0.25) is 4.68 Å². The number of hydrogen-bond acceptors (Lipinski definition) is 6. The number of hydrogen-bond donors (Lipinski definition) is 2. The summed E-state index contributed by atoms with van der Waals surface area (Å²) < 4.78 is 28.7. The van der Waals surface area contributed by atoms with Gasteiger partial charge >= 0.3 is 0 Å². The van der Waals surface area contributed by atoms with E-state index in [1.807, 2.05) is 0 Å². The number of aliphatic hydroxyl groups excluding tert-OH is 1. The highest BCUT2D eigenvalue weighted by atomic mass is 32.2. The van der Waals surface area contributed by atoms with E-state index < -0.39 is 10.0 Å². The molecule has 2 rings (SSSR count). The van der Waals surface area contributed by atoms with Gasteiger partial charge in [0.05, 0.1) is 31.1 Å². The van der Waals surface area contributed by atoms with Gasteiger partial charge in [-0.2, -0.15) is 5.10 Å². The van der Waals surface area contributed by atoms with Gasteiger partial charge in [0, 0.05) is 11.6 Å². The van der Waals surface area contributed by atoms with Crippen LogP contribution < -0.4 is 4.72 Å². The second-order valence-electron chi connectivity index (χ2n) is 4.20. The number of aryl methyl sites for hydroxylation is 1. The lowest BCUT2D eigenvalue weighted by Crippen LogP contribution is -2.24. The maximum atomic E-state index is 12.3. The summed E-state index contributed by atoms with van der Waals surface area (Å²) in [4.78, 5) is 4.20. The second kappa shape index (κ2) is 6.00. The summed E-state index contributed by atoms with van der Waals surface area (Å²) in [5.74, 6) is 0. The van der Waals surface area contributed by atoms with Crippen LogP contribution in [0.1, 0.15) is 16.4 Å². The second-order valence-corrected chi connectivity index (χ2v) is 6.88. The van der Waals surface area contributed by atoms with Crippen LogP contribution in [0.25, 0.3) is 0 Å². The average Bonchev–Trinajstić information content (AvgIpc) is 2.97. The Bertz CT molecular complexity index is 677. The Morgan fingerprint density at radius 3 is 2.80 bits per heavy atom. The zero-order chi connectivity index (χ0) is 14.8. The Hall–Kier alpha value is -1.29. The predicted octanol–water partition coefficient (Wildman–Crippen LogP) is 0.427. The standard InChI is InChI=1S/C11H16N4O3S2/c1-8-11(9(2)15(14-8)4-5-16)20(17,18)13-7-10-12-3-6-19-10/h3,6,13,16H,4-5,7H2,1-2H3. The van der Waals surface area contributed by atoms with E-state index in [9.17, 15) is 8.42 Å². The minimum atomic E-state index is -3.64. The first-order valence-corrected chi connectivity index (χ1v) is 8.35. The van der Waals surface area contributed by atoms with Crippen LogP contribution in [0.5, 0.6) is 0 Å². The van der Waals surface area contributed by atoms with Crippen molar-refractivity contribution in [2.24, 2.45) is 0 Å². The number of thiazole rings is 1. The van der Waals surface area contributed by atoms with E-state index in [0.717, 1.165) is 0 Å². The smallest absolute Gasteiger partial charge is 0.244 e. The largest absolute Gasteiger partial charge is 0.394 e. The van der Waals surface area contributed by atoms with Gasteiger partial charge in [0.2, 0.25) is 10.0 Å². The fourth-order valence-corrected chi connectivity index (χ4v) is 3.99. The number of sulfonamides is 1. The number of aromatic nitrogens is 3. The van der Waals surface area contributed by atoms with Crippen molar-refractivity contribution < 1.29 is 13.5 Å². The summed E-state index contributed by atoms with van der Waals surface area (Å²) in [7, 11) is -3.64. The molecule has 0 saturated carbocycles. The first kappa shape index (κ1) is 15.1. The summed E-state index contributed by atoms with van der Waals surface area (Å²) in [6.07, 6.45) is 1.63. The van der Waals surface area contributed by atoms with Crippen LogP contribution in [-0.4, -0.2) is 34.9 Å². The third-order valence-corrected chi connectivity index (χ3v) is 5.22. The third kappa shape index (κ3) is 3.06. The summed E-state index contributed by atoms with van der Waals surface area (Å²) in [6.45, 7) is 3.65. The summed E-state index contributed by atoms with van der Waals surface area (Å²) in [5.41, 5.74) is 0.936. The zero-order valence-electron chi connectivity index (χ0n) is 11.2. The molecule has 7 nitrogen and oxygen atoms in total. The van der Waals surface area contributed by atoms with Crippen molar-refractivity contribution in [1.29, 1.82) is 0 Å². The SMILES string of the molecule is Cc1nn(CCO)c(C)c1S(=O)(=O)NCc1nccs1. The minimum Gasteiger partial charge on any atom is -0.394 e. The maximum Gasteiger partial charge on any atom is 0.244 e. The van der Waals surface area contributed by atoms with Crippen molar-refractivity contribution in [3.05, 3.63) is 28.0 Å². The van der Waals surface area contributed by atoms with Crippen LogP contribution in [0.3, 0.4) is 0 Å². The first-order valence-electron chi connectivity index (χ1n) is 5.98. The Morgan fingerprint density at radius 2 is 2.20 bits per heavy atom. The van der Waals surface area contributed by atoms with Crippen LogP contribution >= 0.6 is 11.3 Å². The van der Waals surface area contributed by atoms with Gasteiger partial charge in [-0.1, -0.05) is 0 Å². The molecule has 2 aromatic heterocycles. The lowest BCUT2D eigenvalue weighted by atomic mass is 10.4. The van der Waals surface area contributed by atoms with Crippen molar-refractivity contribution in [3.8, 4) is 0 Å². The van der Waals surface area contributed by atoms with Crippen molar-refractivity contribution >= 4 is 21.4 Å². The molecule has 0 radical (unpaired) electrons. The molecule has 2 heterocycles. The molecule has 2 aromatic rings. The molecule has 2 N–H and O–H groups in total. The molecular weight excluding hydrogens is 300 g/mol. The van der Waals surface area contributed by atoms with Gasteiger partial charge in [-0.05, 0) is 13.8 Å². The molecule has 0 saturated heterocycles. The monoisotopic (exact) mass is 316 g/mol. The number of nitrogens with zero attached hydrogens (tertiary/aromatic N) is 3. The van der Waals surface area contributed by atoms with Crippen LogP contribution in [-0.2, 0) is 23.1 Å². The molecule has 0 amide bonds. The lowest BCUT2D eigenvalue weighted by molar-refractivity contribution is 0.267. The van der Waals surface area contributed by atoms with Crippen molar-refractivity contribution in [2.75, 3.05) is 6.61 Å². The van der Waals surface area contributed by atoms with Gasteiger partial charge in [0.25, 0.3) is 0 Å². The Morgan fingerprint density at radius 1 is 1.45 bits per heavy atom. The molecule has 0 unspecified atom stereocenters. The van der Waals surface area contributed by atoms with E-state index in [1.54, 1.807) is 25.4 Å². The predicted molar refractivity (Wildman–Crippen MR) is 74.9 cm³/mol. The van der Waals surface area contributed by atoms with Crippen LogP contribution in [0.15, 0.2) is 16.5 Å². The molecule has 110 valence electrons. The van der Waals surface area contributed by atoms with E-state index in [4.69, 9.17) is 5.11 Å². The number of rotatable bonds is 6. The van der Waals surface area contributed by atoms with E-state index in [-0.39, 0.29) is 24.6 Å². The minimum absolute atomic E-state index is 0.0893. The van der Waals surface area contributed by atoms with E-state index in [0.29, 0.717) is 16.4 Å². The van der Waals surface area contributed by atoms with Crippen molar-refractivity contribution in [2.45, 2.75) is 31.8 Å². The third-order valence-electron chi connectivity index (χ3n) is 2.79. The molecule has 0 aromatic carbocycles. The lowest BCUT2D eigenvalue weighted by Gasteiger charge is -2.06. The van der Waals surface area contributed by atoms with Crippen LogP contribution in [0.4, 0.5) is 0 Å². The van der Waals surface area contributed by atoms with Gasteiger partial charge in [-0.15, -0.1) is 11.3 Å². The Kier molecular flexibility index (Phi) is 4.53. The normalized spacial score (nSPS) is 11.9. The highest BCUT2D eigenvalue weighted by Gasteiger charge is 2.24. The first-order chi connectivity index (χ1) is 9.45. The fraction of sp³-hybridized carbons (Fsp3) is 0.455. The highest BCUT2D eigenvalue weighted by Crippen LogP contribution is 2.19. The van der Waals surface area contributed by atoms with Gasteiger partial charge in [-0.25, -0.2) is 18.1 Å². The van der Waals surface area contributed by atoms with Gasteiger partial charge in [0.1, 0.15) is 9.90 Å². The van der Waals surface area contributed by atoms with Crippen LogP contribution in [0.2, 0.25) is 0 Å². The van der Waals surface area contributed by atoms with E-state index in [1.165, 1.54) is 16.0 Å². The van der Waals surface area contributed by atoms with E-state index in [2.05, 4.69) is 14.8 Å². The fourth-order valence-electron chi connectivity index (χ4n) is 1.95. The summed E-state index contributed by atoms with van der Waals surface area (Å²) >= 11 is 1.39. The van der Waals surface area contributed by atoms with Crippen molar-refractivity contribution in [1.82, 2.24) is 19.5 Å². The van der Waals surface area contributed by atoms with Gasteiger partial charge < -0.3 is 5.11 Å². The molecule has 0 aliphatic rings. The molecule has 0 aliphatic carbocycles. The molecular formula is C11H16N4O3S2. The topological polar surface area (TPSA) is 97.1 Å². The Balaban J connectivity index is 2.25. The number of aliphatic hydroxyl groups is 1. The molecule has 9 heteroatoms. The quantitative estimate of drug-likeness (QED) is 0.805. The van der Waals surface area contributed by atoms with Gasteiger partial charge in [0.15, 0.2) is 0 Å². The molecule has 0 bridgehead atoms. The summed E-state index contributed by atoms with van der Waals surface area (Å²) in [5, 5.41) is 15.6. The Labute approximate surface area is 121 Å². The molecule has 0 atom stereocenters.